The Hall–Kier alpha value is -3.09. The quantitative estimate of drug-likeness (QED) is 0.746. The summed E-state index contributed by atoms with van der Waals surface area (Å²) in [6, 6.07) is 9.40. The van der Waals surface area contributed by atoms with Crippen molar-refractivity contribution in [1.29, 1.82) is 0 Å². The number of amides is 1. The summed E-state index contributed by atoms with van der Waals surface area (Å²) in [6.45, 7) is 6.05. The van der Waals surface area contributed by atoms with Gasteiger partial charge in [-0.05, 0) is 43.2 Å². The molecule has 1 aromatic heterocycles. The van der Waals surface area contributed by atoms with Crippen molar-refractivity contribution in [3.05, 3.63) is 47.8 Å². The normalized spacial score (nSPS) is 16.9. The number of aromatic nitrogens is 1. The molecule has 0 radical (unpaired) electrons. The molecule has 0 saturated carbocycles. The second-order valence-electron chi connectivity index (χ2n) is 7.62. The van der Waals surface area contributed by atoms with Gasteiger partial charge in [-0.25, -0.2) is 0 Å². The zero-order valence-corrected chi connectivity index (χ0v) is 16.7. The Labute approximate surface area is 170 Å². The second-order valence-corrected chi connectivity index (χ2v) is 7.62. The predicted octanol–water partition coefficient (Wildman–Crippen LogP) is 2.52. The van der Waals surface area contributed by atoms with Crippen molar-refractivity contribution in [1.82, 2.24) is 9.47 Å². The summed E-state index contributed by atoms with van der Waals surface area (Å²) in [5.41, 5.74) is 3.23. The van der Waals surface area contributed by atoms with Crippen molar-refractivity contribution >= 4 is 29.5 Å². The lowest BCUT2D eigenvalue weighted by molar-refractivity contribution is 0.0724. The number of carbonyl (C=O) groups excluding carboxylic acids is 3. The van der Waals surface area contributed by atoms with Gasteiger partial charge in [-0.15, -0.1) is 0 Å². The first kappa shape index (κ1) is 19.2. The predicted molar refractivity (Wildman–Crippen MR) is 112 cm³/mol. The molecular weight excluding hydrogens is 368 g/mol. The Balaban J connectivity index is 1.46. The van der Waals surface area contributed by atoms with E-state index in [1.165, 1.54) is 11.5 Å². The summed E-state index contributed by atoms with van der Waals surface area (Å²) < 4.78 is 1.40. The van der Waals surface area contributed by atoms with Crippen LogP contribution in [0.4, 0.5) is 11.4 Å². The van der Waals surface area contributed by atoms with Crippen LogP contribution in [-0.2, 0) is 0 Å². The van der Waals surface area contributed by atoms with Gasteiger partial charge in [0.15, 0.2) is 6.29 Å². The zero-order chi connectivity index (χ0) is 20.4. The Morgan fingerprint density at radius 1 is 0.931 bits per heavy atom. The van der Waals surface area contributed by atoms with E-state index in [-0.39, 0.29) is 11.8 Å². The number of benzene rings is 1. The van der Waals surface area contributed by atoms with Crippen molar-refractivity contribution in [2.45, 2.75) is 19.8 Å². The minimum Gasteiger partial charge on any atom is -0.371 e. The molecular formula is C22H26N4O3. The molecule has 29 heavy (non-hydrogen) atoms. The highest BCUT2D eigenvalue weighted by molar-refractivity contribution is 5.97. The summed E-state index contributed by atoms with van der Waals surface area (Å²) in [7, 11) is 0. The fourth-order valence-corrected chi connectivity index (χ4v) is 4.22. The Morgan fingerprint density at radius 2 is 1.66 bits per heavy atom. The van der Waals surface area contributed by atoms with E-state index in [9.17, 15) is 14.4 Å². The largest absolute Gasteiger partial charge is 0.371 e. The number of anilines is 2. The molecule has 1 amide bonds. The number of hydrogen-bond acceptors (Lipinski definition) is 5. The van der Waals surface area contributed by atoms with Crippen molar-refractivity contribution in [3.63, 3.8) is 0 Å². The molecule has 0 N–H and O–H groups in total. The van der Waals surface area contributed by atoms with Crippen molar-refractivity contribution in [2.24, 2.45) is 0 Å². The lowest BCUT2D eigenvalue weighted by Crippen LogP contribution is -2.49. The minimum absolute atomic E-state index is 0.112. The molecule has 0 spiro atoms. The number of hydrogen-bond donors (Lipinski definition) is 0. The van der Waals surface area contributed by atoms with Gasteiger partial charge >= 0.3 is 0 Å². The molecule has 7 nitrogen and oxygen atoms in total. The fourth-order valence-electron chi connectivity index (χ4n) is 4.22. The average Bonchev–Trinajstić information content (AvgIpc) is 3.45. The Bertz CT molecular complexity index is 922. The van der Waals surface area contributed by atoms with Gasteiger partial charge in [0.2, 0.25) is 5.91 Å². The maximum absolute atomic E-state index is 12.8. The molecule has 4 rings (SSSR count). The topological polar surface area (TPSA) is 65.9 Å². The lowest BCUT2D eigenvalue weighted by Gasteiger charge is -2.36. The SMILES string of the molecule is CC(=O)n1cccc1C(=O)N1CCN(c2ccc(C=O)c(N3CCCC3)c2)CC1. The van der Waals surface area contributed by atoms with E-state index in [0.29, 0.717) is 31.9 Å². The van der Waals surface area contributed by atoms with E-state index >= 15 is 0 Å². The summed E-state index contributed by atoms with van der Waals surface area (Å²) in [5, 5.41) is 0. The number of piperazine rings is 1. The first-order valence-electron chi connectivity index (χ1n) is 10.1. The molecule has 0 atom stereocenters. The van der Waals surface area contributed by atoms with Crippen LogP contribution in [-0.4, -0.2) is 66.8 Å². The summed E-state index contributed by atoms with van der Waals surface area (Å²) >= 11 is 0. The average molecular weight is 394 g/mol. The number of carbonyl (C=O) groups is 3. The minimum atomic E-state index is -0.165. The van der Waals surface area contributed by atoms with E-state index in [1.54, 1.807) is 23.2 Å². The molecule has 0 unspecified atom stereocenters. The van der Waals surface area contributed by atoms with Crippen molar-refractivity contribution in [2.75, 3.05) is 49.1 Å². The van der Waals surface area contributed by atoms with E-state index in [4.69, 9.17) is 0 Å². The molecule has 7 heteroatoms. The molecule has 152 valence electrons. The molecule has 0 bridgehead atoms. The van der Waals surface area contributed by atoms with Crippen LogP contribution in [0.3, 0.4) is 0 Å². The lowest BCUT2D eigenvalue weighted by atomic mass is 10.1. The first-order valence-corrected chi connectivity index (χ1v) is 10.1. The molecule has 0 aliphatic carbocycles. The van der Waals surface area contributed by atoms with Crippen molar-refractivity contribution < 1.29 is 14.4 Å². The van der Waals surface area contributed by atoms with Crippen LogP contribution >= 0.6 is 0 Å². The third-order valence-corrected chi connectivity index (χ3v) is 5.83. The Morgan fingerprint density at radius 3 is 2.31 bits per heavy atom. The van der Waals surface area contributed by atoms with Crippen LogP contribution in [0.5, 0.6) is 0 Å². The maximum Gasteiger partial charge on any atom is 0.271 e. The van der Waals surface area contributed by atoms with Crippen LogP contribution in [0, 0.1) is 0 Å². The number of aldehydes is 1. The standard InChI is InChI=1S/C22H26N4O3/c1-17(28)26-10-4-5-20(26)22(29)25-13-11-23(12-14-25)19-7-6-18(16-27)21(15-19)24-8-2-3-9-24/h4-7,10,15-16H,2-3,8-9,11-14H2,1H3. The van der Waals surface area contributed by atoms with Gasteiger partial charge in [-0.3, -0.25) is 19.0 Å². The van der Waals surface area contributed by atoms with Gasteiger partial charge in [-0.1, -0.05) is 0 Å². The molecule has 2 aliphatic heterocycles. The van der Waals surface area contributed by atoms with Gasteiger partial charge in [0.1, 0.15) is 5.69 Å². The highest BCUT2D eigenvalue weighted by Crippen LogP contribution is 2.29. The first-order chi connectivity index (χ1) is 14.1. The molecule has 2 aliphatic rings. The van der Waals surface area contributed by atoms with Crippen LogP contribution in [0.1, 0.15) is 45.4 Å². The second kappa shape index (κ2) is 8.11. The van der Waals surface area contributed by atoms with E-state index in [1.807, 2.05) is 12.1 Å². The third-order valence-electron chi connectivity index (χ3n) is 5.83. The van der Waals surface area contributed by atoms with Crippen LogP contribution in [0.25, 0.3) is 0 Å². The number of nitrogens with zero attached hydrogens (tertiary/aromatic N) is 4. The van der Waals surface area contributed by atoms with Gasteiger partial charge in [-0.2, -0.15) is 0 Å². The van der Waals surface area contributed by atoms with Gasteiger partial charge in [0.05, 0.1) is 0 Å². The summed E-state index contributed by atoms with van der Waals surface area (Å²) in [6.07, 6.45) is 4.87. The zero-order valence-electron chi connectivity index (χ0n) is 16.7. The Kier molecular flexibility index (Phi) is 5.38. The van der Waals surface area contributed by atoms with E-state index < -0.39 is 0 Å². The molecule has 2 fully saturated rings. The van der Waals surface area contributed by atoms with Gasteiger partial charge < -0.3 is 14.7 Å². The van der Waals surface area contributed by atoms with Gasteiger partial charge in [0, 0.05) is 69.3 Å². The maximum atomic E-state index is 12.8. The smallest absolute Gasteiger partial charge is 0.271 e. The summed E-state index contributed by atoms with van der Waals surface area (Å²) in [4.78, 5) is 42.3. The van der Waals surface area contributed by atoms with E-state index in [0.717, 1.165) is 49.2 Å². The molecule has 2 saturated heterocycles. The van der Waals surface area contributed by atoms with Crippen LogP contribution in [0.2, 0.25) is 0 Å². The van der Waals surface area contributed by atoms with Crippen molar-refractivity contribution in [3.8, 4) is 0 Å². The van der Waals surface area contributed by atoms with Gasteiger partial charge in [0.25, 0.3) is 5.91 Å². The van der Waals surface area contributed by atoms with Crippen LogP contribution < -0.4 is 9.80 Å². The molecule has 1 aromatic carbocycles. The third kappa shape index (κ3) is 3.77. The summed E-state index contributed by atoms with van der Waals surface area (Å²) in [5.74, 6) is -0.277. The molecule has 2 aromatic rings. The molecule has 3 heterocycles. The monoisotopic (exact) mass is 394 g/mol. The van der Waals surface area contributed by atoms with E-state index in [2.05, 4.69) is 15.9 Å². The highest BCUT2D eigenvalue weighted by atomic mass is 16.2. The highest BCUT2D eigenvalue weighted by Gasteiger charge is 2.25. The number of rotatable bonds is 4. The van der Waals surface area contributed by atoms with Crippen LogP contribution in [0.15, 0.2) is 36.5 Å². The fraction of sp³-hybridized carbons (Fsp3) is 0.409.